The Hall–Kier alpha value is -3.77. The van der Waals surface area contributed by atoms with Crippen molar-refractivity contribution in [1.82, 2.24) is 19.3 Å². The Morgan fingerprint density at radius 2 is 1.49 bits per heavy atom. The monoisotopic (exact) mass is 833 g/mol. The maximum Gasteiger partial charge on any atom is 2.00 e. The van der Waals surface area contributed by atoms with Gasteiger partial charge in [-0.25, -0.2) is 4.98 Å². The molecule has 3 aromatic heterocycles. The van der Waals surface area contributed by atoms with Crippen molar-refractivity contribution in [3.63, 3.8) is 0 Å². The summed E-state index contributed by atoms with van der Waals surface area (Å²) in [5, 5.41) is 9.57. The van der Waals surface area contributed by atoms with Crippen LogP contribution in [0.25, 0.3) is 44.4 Å². The second kappa shape index (κ2) is 14.1. The molecule has 0 atom stereocenters. The fraction of sp³-hybridized carbons (Fsp3) is 0.179. The Kier molecular flexibility index (Phi) is 9.98. The van der Waals surface area contributed by atoms with Crippen LogP contribution in [-0.4, -0.2) is 30.8 Å². The maximum absolute atomic E-state index is 6.47. The van der Waals surface area contributed by atoms with Crippen molar-refractivity contribution in [2.24, 2.45) is 0 Å². The molecular formula is C39H34N4OPtS2. The third-order valence-corrected chi connectivity index (χ3v) is 9.78. The molecule has 0 spiro atoms. The van der Waals surface area contributed by atoms with Gasteiger partial charge in [0, 0.05) is 28.8 Å². The number of aromatic nitrogens is 4. The van der Waals surface area contributed by atoms with Gasteiger partial charge in [0.2, 0.25) is 0 Å². The average molecular weight is 834 g/mol. The van der Waals surface area contributed by atoms with Crippen molar-refractivity contribution in [3.05, 3.63) is 120 Å². The van der Waals surface area contributed by atoms with Crippen LogP contribution < -0.4 is 4.74 Å². The Morgan fingerprint density at radius 3 is 2.26 bits per heavy atom. The van der Waals surface area contributed by atoms with Gasteiger partial charge in [-0.3, -0.25) is 4.68 Å². The molecule has 7 rings (SSSR count). The van der Waals surface area contributed by atoms with E-state index in [1.165, 1.54) is 22.3 Å². The number of para-hydroxylation sites is 1. The van der Waals surface area contributed by atoms with Crippen molar-refractivity contribution in [2.45, 2.75) is 44.7 Å². The van der Waals surface area contributed by atoms with Gasteiger partial charge < -0.3 is 9.30 Å². The molecular weight excluding hydrogens is 800 g/mol. The van der Waals surface area contributed by atoms with E-state index in [4.69, 9.17) is 14.8 Å². The molecule has 8 heteroatoms. The fourth-order valence-corrected chi connectivity index (χ4v) is 7.73. The van der Waals surface area contributed by atoms with Crippen LogP contribution in [0.5, 0.6) is 11.5 Å². The first-order valence-corrected chi connectivity index (χ1v) is 17.5. The summed E-state index contributed by atoms with van der Waals surface area (Å²) in [6, 6.07) is 36.1. The van der Waals surface area contributed by atoms with Gasteiger partial charge in [-0.2, -0.15) is 17.2 Å². The molecule has 3 heterocycles. The standard InChI is InChI=1S/C39H34N4OS2.Pt/c1-6-45-38-37(36-26(4)12-10-13-27(36)5)39(46-7-2)43(41-38)28-14-11-15-29(23-28)44-30-18-19-32-31-16-8-9-17-33(31)42(34(32)24-30)35-22-25(3)20-21-40-35;/h8-22H,6-7H2,1-5H3;/q-2;+2. The second-order valence-corrected chi connectivity index (χ2v) is 13.7. The van der Waals surface area contributed by atoms with Gasteiger partial charge >= 0.3 is 21.1 Å². The zero-order chi connectivity index (χ0) is 31.8. The number of ether oxygens (including phenoxy) is 1. The third kappa shape index (κ3) is 6.29. The molecule has 0 N–H and O–H groups in total. The van der Waals surface area contributed by atoms with E-state index in [2.05, 4.69) is 106 Å². The largest absolute Gasteiger partial charge is 2.00 e. The Morgan fingerprint density at radius 1 is 0.745 bits per heavy atom. The van der Waals surface area contributed by atoms with E-state index < -0.39 is 0 Å². The molecule has 0 bridgehead atoms. The number of rotatable bonds is 9. The van der Waals surface area contributed by atoms with Crippen LogP contribution in [0.1, 0.15) is 30.5 Å². The predicted molar refractivity (Wildman–Crippen MR) is 192 cm³/mol. The molecule has 0 aliphatic heterocycles. The van der Waals surface area contributed by atoms with E-state index in [-0.39, 0.29) is 21.1 Å². The summed E-state index contributed by atoms with van der Waals surface area (Å²) in [5.74, 6) is 3.93. The van der Waals surface area contributed by atoms with Crippen LogP contribution in [0.3, 0.4) is 0 Å². The zero-order valence-corrected chi connectivity index (χ0v) is 30.8. The zero-order valence-electron chi connectivity index (χ0n) is 26.9. The molecule has 0 amide bonds. The average Bonchev–Trinajstić information content (AvgIpc) is 3.57. The molecule has 0 unspecified atom stereocenters. The van der Waals surface area contributed by atoms with Crippen LogP contribution in [0.4, 0.5) is 0 Å². The minimum atomic E-state index is 0. The topological polar surface area (TPSA) is 44.9 Å². The van der Waals surface area contributed by atoms with Crippen LogP contribution in [0, 0.1) is 32.9 Å². The van der Waals surface area contributed by atoms with E-state index in [1.807, 2.05) is 53.0 Å². The number of fused-ring (bicyclic) bond motifs is 3. The summed E-state index contributed by atoms with van der Waals surface area (Å²) in [6.07, 6.45) is 1.85. The van der Waals surface area contributed by atoms with Gasteiger partial charge in [0.25, 0.3) is 0 Å². The SMILES string of the molecule is CCSc1nn(-c2[c-]c(Oc3[c-]c4c(cc3)c3ccccc3n4-c3cc(C)ccn3)ccc2)c(SCC)c1-c1c(C)cccc1C.[Pt+2]. The molecule has 47 heavy (non-hydrogen) atoms. The van der Waals surface area contributed by atoms with Crippen molar-refractivity contribution < 1.29 is 25.8 Å². The fourth-order valence-electron chi connectivity index (χ4n) is 6.03. The summed E-state index contributed by atoms with van der Waals surface area (Å²) >= 11 is 3.58. The summed E-state index contributed by atoms with van der Waals surface area (Å²) in [5.41, 5.74) is 8.94. The van der Waals surface area contributed by atoms with E-state index in [9.17, 15) is 0 Å². The molecule has 4 aromatic carbocycles. The normalized spacial score (nSPS) is 11.3. The maximum atomic E-state index is 6.47. The van der Waals surface area contributed by atoms with E-state index >= 15 is 0 Å². The van der Waals surface area contributed by atoms with Gasteiger partial charge in [0.05, 0.1) is 0 Å². The van der Waals surface area contributed by atoms with Crippen molar-refractivity contribution in [2.75, 3.05) is 11.5 Å². The molecule has 0 radical (unpaired) electrons. The van der Waals surface area contributed by atoms with Crippen LogP contribution in [0.15, 0.2) is 101 Å². The van der Waals surface area contributed by atoms with Crippen molar-refractivity contribution in [1.29, 1.82) is 0 Å². The third-order valence-electron chi connectivity index (χ3n) is 7.99. The van der Waals surface area contributed by atoms with Crippen LogP contribution in [0.2, 0.25) is 0 Å². The van der Waals surface area contributed by atoms with Gasteiger partial charge in [0.1, 0.15) is 15.9 Å². The van der Waals surface area contributed by atoms with Gasteiger partial charge in [0.15, 0.2) is 0 Å². The molecule has 0 aliphatic rings. The van der Waals surface area contributed by atoms with Gasteiger partial charge in [-0.05, 0) is 83.8 Å². The van der Waals surface area contributed by atoms with E-state index in [1.54, 1.807) is 11.8 Å². The molecule has 0 saturated carbocycles. The molecule has 238 valence electrons. The molecule has 0 fully saturated rings. The minimum absolute atomic E-state index is 0. The summed E-state index contributed by atoms with van der Waals surface area (Å²) in [6.45, 7) is 10.8. The molecule has 0 aliphatic carbocycles. The Bertz CT molecular complexity index is 2200. The summed E-state index contributed by atoms with van der Waals surface area (Å²) in [7, 11) is 0. The van der Waals surface area contributed by atoms with Crippen LogP contribution in [-0.2, 0) is 21.1 Å². The quantitative estimate of drug-likeness (QED) is 0.107. The Balaban J connectivity index is 0.00000386. The predicted octanol–water partition coefficient (Wildman–Crippen LogP) is 10.6. The van der Waals surface area contributed by atoms with E-state index in [0.29, 0.717) is 11.5 Å². The number of benzene rings is 4. The number of thioether (sulfide) groups is 2. The molecule has 7 aromatic rings. The first-order valence-electron chi connectivity index (χ1n) is 15.5. The first kappa shape index (κ1) is 33.1. The van der Waals surface area contributed by atoms with Crippen molar-refractivity contribution >= 4 is 45.3 Å². The van der Waals surface area contributed by atoms with Crippen molar-refractivity contribution in [3.8, 4) is 34.1 Å². The number of hydrogen-bond acceptors (Lipinski definition) is 5. The molecule has 5 nitrogen and oxygen atoms in total. The minimum Gasteiger partial charge on any atom is -0.509 e. The smallest absolute Gasteiger partial charge is 0.509 e. The van der Waals surface area contributed by atoms with Gasteiger partial charge in [-0.15, -0.1) is 59.2 Å². The summed E-state index contributed by atoms with van der Waals surface area (Å²) in [4.78, 5) is 4.70. The van der Waals surface area contributed by atoms with Gasteiger partial charge in [-0.1, -0.05) is 55.8 Å². The van der Waals surface area contributed by atoms with Crippen LogP contribution >= 0.6 is 23.5 Å². The number of hydrogen-bond donors (Lipinski definition) is 0. The first-order chi connectivity index (χ1) is 22.5. The number of aryl methyl sites for hydroxylation is 3. The Labute approximate surface area is 299 Å². The number of nitrogens with zero attached hydrogens (tertiary/aromatic N) is 4. The molecule has 0 saturated heterocycles. The number of pyridine rings is 1. The summed E-state index contributed by atoms with van der Waals surface area (Å²) < 4.78 is 10.7. The second-order valence-electron chi connectivity index (χ2n) is 11.2. The van der Waals surface area contributed by atoms with E-state index in [0.717, 1.165) is 60.4 Å².